The Labute approximate surface area is 123 Å². The molecule has 21 heavy (non-hydrogen) atoms. The van der Waals surface area contributed by atoms with E-state index in [1.54, 1.807) is 45.3 Å². The topological polar surface area (TPSA) is 69.7 Å². The molecule has 1 N–H and O–H groups in total. The maximum absolute atomic E-state index is 12.4. The Morgan fingerprint density at radius 1 is 1.29 bits per heavy atom. The summed E-state index contributed by atoms with van der Waals surface area (Å²) in [7, 11) is 3.30. The number of imide groups is 1. The lowest BCUT2D eigenvalue weighted by Crippen LogP contribution is -2.49. The minimum Gasteiger partial charge on any atom is -0.347 e. The zero-order valence-electron chi connectivity index (χ0n) is 12.4. The number of hydrogen-bond donors (Lipinski definition) is 1. The summed E-state index contributed by atoms with van der Waals surface area (Å²) < 4.78 is 0. The molecule has 2 rings (SSSR count). The van der Waals surface area contributed by atoms with Crippen LogP contribution < -0.4 is 10.2 Å². The third-order valence-electron chi connectivity index (χ3n) is 3.42. The molecule has 6 heteroatoms. The summed E-state index contributed by atoms with van der Waals surface area (Å²) in [4.78, 5) is 38.9. The molecule has 1 aromatic rings. The molecule has 1 aliphatic heterocycles. The van der Waals surface area contributed by atoms with Crippen molar-refractivity contribution in [2.75, 3.05) is 19.0 Å². The molecule has 1 aliphatic rings. The number of anilines is 1. The Hall–Kier alpha value is -2.21. The van der Waals surface area contributed by atoms with E-state index in [9.17, 15) is 14.4 Å². The van der Waals surface area contributed by atoms with Gasteiger partial charge in [0, 0.05) is 14.1 Å². The highest BCUT2D eigenvalue weighted by Gasteiger charge is 2.40. The number of para-hydroxylation sites is 1. The van der Waals surface area contributed by atoms with E-state index < -0.39 is 12.1 Å². The number of nitrogens with one attached hydrogen (secondary N) is 1. The van der Waals surface area contributed by atoms with Crippen molar-refractivity contribution < 1.29 is 14.4 Å². The maximum Gasteiger partial charge on any atom is 0.251 e. The molecule has 0 aliphatic carbocycles. The molecule has 112 valence electrons. The molecule has 0 radical (unpaired) electrons. The first kappa shape index (κ1) is 15.2. The molecule has 1 fully saturated rings. The van der Waals surface area contributed by atoms with Crippen LogP contribution in [0.25, 0.3) is 0 Å². The van der Waals surface area contributed by atoms with Gasteiger partial charge in [-0.05, 0) is 19.1 Å². The van der Waals surface area contributed by atoms with Crippen molar-refractivity contribution in [2.45, 2.75) is 25.4 Å². The summed E-state index contributed by atoms with van der Waals surface area (Å²) in [6.45, 7) is 1.69. The molecule has 6 nitrogen and oxygen atoms in total. The standard InChI is InChI=1S/C15H19N3O3/c1-10(14(20)17(2)3)16-12-9-13(19)18(15(12)21)11-7-5-4-6-8-11/h4-8,10,12,16H,9H2,1-3H3. The molecule has 1 aromatic carbocycles. The SMILES string of the molecule is CC(NC1CC(=O)N(c2ccccc2)C1=O)C(=O)N(C)C. The monoisotopic (exact) mass is 289 g/mol. The minimum absolute atomic E-state index is 0.0682. The maximum atomic E-state index is 12.4. The van der Waals surface area contributed by atoms with Crippen LogP contribution >= 0.6 is 0 Å². The van der Waals surface area contributed by atoms with Crippen LogP contribution in [-0.2, 0) is 14.4 Å². The van der Waals surface area contributed by atoms with Crippen LogP contribution in [-0.4, -0.2) is 48.8 Å². The van der Waals surface area contributed by atoms with Gasteiger partial charge in [-0.25, -0.2) is 4.90 Å². The molecular formula is C15H19N3O3. The van der Waals surface area contributed by atoms with Gasteiger partial charge in [-0.3, -0.25) is 19.7 Å². The quantitative estimate of drug-likeness (QED) is 0.814. The molecule has 0 aromatic heterocycles. The molecule has 1 saturated heterocycles. The Morgan fingerprint density at radius 3 is 2.48 bits per heavy atom. The number of benzene rings is 1. The van der Waals surface area contributed by atoms with Crippen LogP contribution in [0.3, 0.4) is 0 Å². The normalized spacial score (nSPS) is 19.8. The van der Waals surface area contributed by atoms with E-state index in [-0.39, 0.29) is 24.1 Å². The smallest absolute Gasteiger partial charge is 0.251 e. The number of rotatable bonds is 4. The number of nitrogens with zero attached hydrogens (tertiary/aromatic N) is 2. The second-order valence-corrected chi connectivity index (χ2v) is 5.28. The van der Waals surface area contributed by atoms with Gasteiger partial charge < -0.3 is 4.90 Å². The summed E-state index contributed by atoms with van der Waals surface area (Å²) in [5.74, 6) is -0.703. The van der Waals surface area contributed by atoms with Crippen LogP contribution in [0.1, 0.15) is 13.3 Å². The number of amides is 3. The lowest BCUT2D eigenvalue weighted by atomic mass is 10.2. The van der Waals surface area contributed by atoms with E-state index in [0.717, 1.165) is 0 Å². The molecule has 2 atom stereocenters. The van der Waals surface area contributed by atoms with Gasteiger partial charge in [-0.1, -0.05) is 18.2 Å². The number of likely N-dealkylation sites (N-methyl/N-ethyl adjacent to an activating group) is 1. The second-order valence-electron chi connectivity index (χ2n) is 5.28. The first-order valence-electron chi connectivity index (χ1n) is 6.81. The van der Waals surface area contributed by atoms with Crippen molar-refractivity contribution >= 4 is 23.4 Å². The van der Waals surface area contributed by atoms with E-state index in [4.69, 9.17) is 0 Å². The highest BCUT2D eigenvalue weighted by atomic mass is 16.2. The van der Waals surface area contributed by atoms with E-state index in [0.29, 0.717) is 5.69 Å². The summed E-state index contributed by atoms with van der Waals surface area (Å²) in [5, 5.41) is 2.94. The predicted octanol–water partition coefficient (Wildman–Crippen LogP) is 0.385. The third-order valence-corrected chi connectivity index (χ3v) is 3.42. The molecule has 1 heterocycles. The van der Waals surface area contributed by atoms with E-state index in [2.05, 4.69) is 5.32 Å². The fourth-order valence-corrected chi connectivity index (χ4v) is 2.37. The lowest BCUT2D eigenvalue weighted by Gasteiger charge is -2.21. The fourth-order valence-electron chi connectivity index (χ4n) is 2.37. The van der Waals surface area contributed by atoms with Gasteiger partial charge in [0.15, 0.2) is 0 Å². The van der Waals surface area contributed by atoms with E-state index in [1.807, 2.05) is 6.07 Å². The second kappa shape index (κ2) is 6.05. The number of carbonyl (C=O) groups is 3. The van der Waals surface area contributed by atoms with Crippen LogP contribution in [0.5, 0.6) is 0 Å². The highest BCUT2D eigenvalue weighted by molar-refractivity contribution is 6.22. The van der Waals surface area contributed by atoms with Crippen molar-refractivity contribution in [1.29, 1.82) is 0 Å². The van der Waals surface area contributed by atoms with Crippen LogP contribution in [0.4, 0.5) is 5.69 Å². The molecule has 0 bridgehead atoms. The van der Waals surface area contributed by atoms with Crippen molar-refractivity contribution in [1.82, 2.24) is 10.2 Å². The predicted molar refractivity (Wildman–Crippen MR) is 78.6 cm³/mol. The van der Waals surface area contributed by atoms with Gasteiger partial charge in [0.05, 0.1) is 24.2 Å². The highest BCUT2D eigenvalue weighted by Crippen LogP contribution is 2.22. The number of carbonyl (C=O) groups excluding carboxylic acids is 3. The molecule has 0 spiro atoms. The lowest BCUT2D eigenvalue weighted by molar-refractivity contribution is -0.131. The Morgan fingerprint density at radius 2 is 1.90 bits per heavy atom. The van der Waals surface area contributed by atoms with Crippen molar-refractivity contribution in [2.24, 2.45) is 0 Å². The first-order chi connectivity index (χ1) is 9.91. The van der Waals surface area contributed by atoms with Gasteiger partial charge in [0.1, 0.15) is 0 Å². The molecule has 0 saturated carbocycles. The fraction of sp³-hybridized carbons (Fsp3) is 0.400. The van der Waals surface area contributed by atoms with Crippen molar-refractivity contribution in [3.8, 4) is 0 Å². The van der Waals surface area contributed by atoms with Crippen LogP contribution in [0.2, 0.25) is 0 Å². The zero-order chi connectivity index (χ0) is 15.6. The van der Waals surface area contributed by atoms with Gasteiger partial charge in [0.25, 0.3) is 5.91 Å². The third kappa shape index (κ3) is 3.11. The number of hydrogen-bond acceptors (Lipinski definition) is 4. The van der Waals surface area contributed by atoms with E-state index in [1.165, 1.54) is 9.80 Å². The zero-order valence-corrected chi connectivity index (χ0v) is 12.4. The Balaban J connectivity index is 2.10. The van der Waals surface area contributed by atoms with Crippen LogP contribution in [0.15, 0.2) is 30.3 Å². The van der Waals surface area contributed by atoms with E-state index >= 15 is 0 Å². The largest absolute Gasteiger partial charge is 0.347 e. The summed E-state index contributed by atoms with van der Waals surface area (Å²) in [5.41, 5.74) is 0.559. The molecule has 2 unspecified atom stereocenters. The van der Waals surface area contributed by atoms with Crippen LogP contribution in [0, 0.1) is 0 Å². The van der Waals surface area contributed by atoms with Gasteiger partial charge in [0.2, 0.25) is 11.8 Å². The van der Waals surface area contributed by atoms with Crippen molar-refractivity contribution in [3.63, 3.8) is 0 Å². The van der Waals surface area contributed by atoms with Crippen molar-refractivity contribution in [3.05, 3.63) is 30.3 Å². The average Bonchev–Trinajstić information content (AvgIpc) is 2.73. The minimum atomic E-state index is -0.656. The molecule has 3 amide bonds. The van der Waals surface area contributed by atoms with Gasteiger partial charge in [-0.15, -0.1) is 0 Å². The van der Waals surface area contributed by atoms with Gasteiger partial charge in [-0.2, -0.15) is 0 Å². The summed E-state index contributed by atoms with van der Waals surface area (Å²) in [6.07, 6.45) is 0.0682. The Bertz CT molecular complexity index is 557. The summed E-state index contributed by atoms with van der Waals surface area (Å²) >= 11 is 0. The van der Waals surface area contributed by atoms with Gasteiger partial charge >= 0.3 is 0 Å². The summed E-state index contributed by atoms with van der Waals surface area (Å²) in [6, 6.07) is 7.62. The molecular weight excluding hydrogens is 270 g/mol. The first-order valence-corrected chi connectivity index (χ1v) is 6.81. The average molecular weight is 289 g/mol. The Kier molecular flexibility index (Phi) is 4.37.